The van der Waals surface area contributed by atoms with Gasteiger partial charge in [-0.15, -0.1) is 0 Å². The van der Waals surface area contributed by atoms with Crippen molar-refractivity contribution >= 4 is 23.0 Å². The Bertz CT molecular complexity index is 961. The smallest absolute Gasteiger partial charge is 0.127 e. The molecule has 4 N–H and O–H groups in total. The third-order valence-electron chi connectivity index (χ3n) is 3.62. The van der Waals surface area contributed by atoms with Crippen LogP contribution in [0.4, 0.5) is 5.69 Å². The Morgan fingerprint density at radius 1 is 0.846 bits per heavy atom. The van der Waals surface area contributed by atoms with Crippen LogP contribution in [0.1, 0.15) is 5.56 Å². The average molecular weight is 359 g/mol. The van der Waals surface area contributed by atoms with E-state index >= 15 is 0 Å². The minimum Gasteiger partial charge on any atom is -0.457 e. The lowest BCUT2D eigenvalue weighted by Gasteiger charge is -2.09. The van der Waals surface area contributed by atoms with E-state index in [4.69, 9.17) is 16.2 Å². The zero-order chi connectivity index (χ0) is 18.4. The summed E-state index contributed by atoms with van der Waals surface area (Å²) in [5.74, 6) is 1.45. The number of ether oxygens (including phenoxy) is 1. The monoisotopic (exact) mass is 359 g/mol. The third-order valence-corrected chi connectivity index (χ3v) is 4.63. The molecule has 0 heterocycles. The first kappa shape index (κ1) is 17.5. The summed E-state index contributed by atoms with van der Waals surface area (Å²) in [7, 11) is 0. The number of nitrogen functional groups attached to an aromatic ring is 1. The second-order valence-electron chi connectivity index (χ2n) is 5.43. The summed E-state index contributed by atoms with van der Waals surface area (Å²) < 4.78 is 5.77. The molecule has 0 radical (unpaired) electrons. The zero-order valence-electron chi connectivity index (χ0n) is 13.9. The lowest BCUT2D eigenvalue weighted by atomic mass is 10.1. The largest absolute Gasteiger partial charge is 0.457 e. The maximum atomic E-state index is 9.54. The van der Waals surface area contributed by atoms with Gasteiger partial charge in [-0.05, 0) is 54.1 Å². The molecule has 3 aromatic carbocycles. The van der Waals surface area contributed by atoms with Crippen LogP contribution in [0, 0.1) is 11.3 Å². The van der Waals surface area contributed by atoms with Gasteiger partial charge in [0.25, 0.3) is 0 Å². The number of para-hydroxylation sites is 2. The van der Waals surface area contributed by atoms with Crippen molar-refractivity contribution in [3.05, 3.63) is 89.5 Å². The van der Waals surface area contributed by atoms with E-state index in [0.29, 0.717) is 22.0 Å². The summed E-state index contributed by atoms with van der Waals surface area (Å²) in [6.45, 7) is 0. The van der Waals surface area contributed by atoms with Crippen molar-refractivity contribution in [2.75, 3.05) is 5.73 Å². The number of rotatable bonds is 5. The first-order valence-electron chi connectivity index (χ1n) is 7.93. The molecule has 0 bridgehead atoms. The van der Waals surface area contributed by atoms with E-state index in [2.05, 4.69) is 6.07 Å². The summed E-state index contributed by atoms with van der Waals surface area (Å²) in [6, 6.07) is 26.4. The van der Waals surface area contributed by atoms with Crippen LogP contribution in [0.15, 0.2) is 88.8 Å². The first-order valence-corrected chi connectivity index (χ1v) is 8.74. The molecule has 5 heteroatoms. The van der Waals surface area contributed by atoms with Gasteiger partial charge >= 0.3 is 0 Å². The first-order chi connectivity index (χ1) is 12.7. The molecule has 26 heavy (non-hydrogen) atoms. The molecule has 0 atom stereocenters. The summed E-state index contributed by atoms with van der Waals surface area (Å²) >= 11 is 1.28. The van der Waals surface area contributed by atoms with Gasteiger partial charge in [0.1, 0.15) is 17.6 Å². The number of anilines is 1. The second kappa shape index (κ2) is 8.15. The highest BCUT2D eigenvalue weighted by Crippen LogP contribution is 2.33. The number of benzene rings is 3. The highest BCUT2D eigenvalue weighted by Gasteiger charge is 2.10. The van der Waals surface area contributed by atoms with Gasteiger partial charge < -0.3 is 16.2 Å². The molecule has 0 aromatic heterocycles. The zero-order valence-corrected chi connectivity index (χ0v) is 14.7. The maximum Gasteiger partial charge on any atom is 0.127 e. The Morgan fingerprint density at radius 2 is 1.46 bits per heavy atom. The molecule has 0 aliphatic heterocycles. The summed E-state index contributed by atoms with van der Waals surface area (Å²) in [6.07, 6.45) is 0. The average Bonchev–Trinajstić information content (AvgIpc) is 2.66. The SMILES string of the molecule is N#C/C(=C(/N)Sc1ccccc1N)c1ccc(Oc2ccccc2)cc1. The van der Waals surface area contributed by atoms with Crippen LogP contribution in [-0.4, -0.2) is 0 Å². The van der Waals surface area contributed by atoms with E-state index in [0.717, 1.165) is 16.2 Å². The Hall–Kier alpha value is -3.36. The molecule has 4 nitrogen and oxygen atoms in total. The lowest BCUT2D eigenvalue weighted by Crippen LogP contribution is -1.99. The molecule has 3 aromatic rings. The number of allylic oxidation sites excluding steroid dienone is 1. The van der Waals surface area contributed by atoms with E-state index in [-0.39, 0.29) is 0 Å². The number of hydrogen-bond acceptors (Lipinski definition) is 5. The predicted molar refractivity (Wildman–Crippen MR) is 106 cm³/mol. The quantitative estimate of drug-likeness (QED) is 0.380. The molecule has 0 amide bonds. The van der Waals surface area contributed by atoms with E-state index in [1.165, 1.54) is 11.8 Å². The van der Waals surface area contributed by atoms with E-state index in [9.17, 15) is 5.26 Å². The molecule has 0 unspecified atom stereocenters. The number of nitriles is 1. The minimum atomic E-state index is 0.405. The minimum absolute atomic E-state index is 0.405. The van der Waals surface area contributed by atoms with Crippen LogP contribution in [0.2, 0.25) is 0 Å². The Labute approximate surface area is 156 Å². The fourth-order valence-electron chi connectivity index (χ4n) is 2.32. The Balaban J connectivity index is 1.81. The van der Waals surface area contributed by atoms with Gasteiger partial charge in [-0.2, -0.15) is 5.26 Å². The molecule has 0 saturated heterocycles. The van der Waals surface area contributed by atoms with E-state index in [1.807, 2.05) is 72.8 Å². The fraction of sp³-hybridized carbons (Fsp3) is 0. The third kappa shape index (κ3) is 4.18. The molecule has 0 spiro atoms. The normalized spacial score (nSPS) is 11.3. The topological polar surface area (TPSA) is 85.1 Å². The summed E-state index contributed by atoms with van der Waals surface area (Å²) in [4.78, 5) is 0.821. The highest BCUT2D eigenvalue weighted by molar-refractivity contribution is 8.03. The Kier molecular flexibility index (Phi) is 5.47. The van der Waals surface area contributed by atoms with Crippen LogP contribution in [0.25, 0.3) is 5.57 Å². The van der Waals surface area contributed by atoms with Crippen LogP contribution in [-0.2, 0) is 0 Å². The van der Waals surface area contributed by atoms with Crippen molar-refractivity contribution in [2.45, 2.75) is 4.90 Å². The molecule has 0 aliphatic rings. The van der Waals surface area contributed by atoms with Crippen LogP contribution in [0.3, 0.4) is 0 Å². The van der Waals surface area contributed by atoms with Gasteiger partial charge in [0.2, 0.25) is 0 Å². The van der Waals surface area contributed by atoms with Gasteiger partial charge in [0.15, 0.2) is 0 Å². The fourth-order valence-corrected chi connectivity index (χ4v) is 3.15. The molecular formula is C21H17N3OS. The molecule has 128 valence electrons. The van der Waals surface area contributed by atoms with Gasteiger partial charge in [-0.25, -0.2) is 0 Å². The molecule has 0 saturated carbocycles. The van der Waals surface area contributed by atoms with Gasteiger partial charge in [0.05, 0.1) is 10.6 Å². The second-order valence-corrected chi connectivity index (χ2v) is 6.51. The van der Waals surface area contributed by atoms with Gasteiger partial charge in [0, 0.05) is 10.6 Å². The standard InChI is InChI=1S/C21H17N3OS/c22-14-18(21(24)26-20-9-5-4-8-19(20)23)15-10-12-17(13-11-15)25-16-6-2-1-3-7-16/h1-13H,23-24H2/b21-18+. The van der Waals surface area contributed by atoms with Crippen molar-refractivity contribution in [3.63, 3.8) is 0 Å². The van der Waals surface area contributed by atoms with Crippen LogP contribution >= 0.6 is 11.8 Å². The summed E-state index contributed by atoms with van der Waals surface area (Å²) in [5, 5.41) is 9.94. The van der Waals surface area contributed by atoms with Crippen molar-refractivity contribution < 1.29 is 4.74 Å². The van der Waals surface area contributed by atoms with Crippen molar-refractivity contribution in [1.82, 2.24) is 0 Å². The number of nitrogens with two attached hydrogens (primary N) is 2. The Morgan fingerprint density at radius 3 is 2.12 bits per heavy atom. The predicted octanol–water partition coefficient (Wildman–Crippen LogP) is 5.00. The van der Waals surface area contributed by atoms with E-state index < -0.39 is 0 Å². The molecular weight excluding hydrogens is 342 g/mol. The van der Waals surface area contributed by atoms with E-state index in [1.54, 1.807) is 6.07 Å². The molecule has 0 fully saturated rings. The van der Waals surface area contributed by atoms with Gasteiger partial charge in [-0.1, -0.05) is 42.1 Å². The number of nitrogens with zero attached hydrogens (tertiary/aromatic N) is 1. The van der Waals surface area contributed by atoms with Gasteiger partial charge in [-0.3, -0.25) is 0 Å². The number of hydrogen-bond donors (Lipinski definition) is 2. The lowest BCUT2D eigenvalue weighted by molar-refractivity contribution is 0.482. The number of thioether (sulfide) groups is 1. The van der Waals surface area contributed by atoms with Crippen molar-refractivity contribution in [1.29, 1.82) is 5.26 Å². The molecule has 0 aliphatic carbocycles. The maximum absolute atomic E-state index is 9.54. The highest BCUT2D eigenvalue weighted by atomic mass is 32.2. The van der Waals surface area contributed by atoms with Crippen LogP contribution in [0.5, 0.6) is 11.5 Å². The summed E-state index contributed by atoms with van der Waals surface area (Å²) in [5.41, 5.74) is 13.9. The van der Waals surface area contributed by atoms with Crippen molar-refractivity contribution in [3.8, 4) is 17.6 Å². The van der Waals surface area contributed by atoms with Crippen LogP contribution < -0.4 is 16.2 Å². The molecule has 3 rings (SSSR count). The van der Waals surface area contributed by atoms with Crippen molar-refractivity contribution in [2.24, 2.45) is 5.73 Å².